The van der Waals surface area contributed by atoms with Crippen molar-refractivity contribution in [2.24, 2.45) is 5.92 Å². The fourth-order valence-corrected chi connectivity index (χ4v) is 3.96. The van der Waals surface area contributed by atoms with E-state index in [2.05, 4.69) is 12.1 Å². The summed E-state index contributed by atoms with van der Waals surface area (Å²) in [6.45, 7) is 8.77. The lowest BCUT2D eigenvalue weighted by atomic mass is 9.95. The summed E-state index contributed by atoms with van der Waals surface area (Å²) < 4.78 is 11.5. The molecule has 0 saturated carbocycles. The number of nitrogens with zero attached hydrogens (tertiary/aromatic N) is 2. The molecule has 2 aliphatic rings. The van der Waals surface area contributed by atoms with E-state index in [1.165, 1.54) is 5.56 Å². The first kappa shape index (κ1) is 21.6. The summed E-state index contributed by atoms with van der Waals surface area (Å²) in [5.74, 6) is 0.0397. The molecule has 6 nitrogen and oxygen atoms in total. The van der Waals surface area contributed by atoms with Crippen LogP contribution in [0.1, 0.15) is 52.0 Å². The second-order valence-electron chi connectivity index (χ2n) is 9.09. The summed E-state index contributed by atoms with van der Waals surface area (Å²) >= 11 is 0. The van der Waals surface area contributed by atoms with Crippen molar-refractivity contribution < 1.29 is 19.1 Å². The van der Waals surface area contributed by atoms with Crippen LogP contribution in [0.3, 0.4) is 0 Å². The predicted octanol–water partition coefficient (Wildman–Crippen LogP) is 3.84. The highest BCUT2D eigenvalue weighted by atomic mass is 16.6. The van der Waals surface area contributed by atoms with Crippen molar-refractivity contribution in [3.05, 3.63) is 35.9 Å². The minimum atomic E-state index is -0.518. The molecule has 2 saturated heterocycles. The van der Waals surface area contributed by atoms with Gasteiger partial charge in [0.2, 0.25) is 5.91 Å². The normalized spacial score (nSPS) is 21.1. The average molecular weight is 403 g/mol. The molecule has 2 amide bonds. The van der Waals surface area contributed by atoms with Gasteiger partial charge in [0.15, 0.2) is 0 Å². The van der Waals surface area contributed by atoms with Crippen LogP contribution in [0.2, 0.25) is 0 Å². The Morgan fingerprint density at radius 2 is 1.69 bits per heavy atom. The van der Waals surface area contributed by atoms with E-state index in [4.69, 9.17) is 9.47 Å². The van der Waals surface area contributed by atoms with E-state index in [9.17, 15) is 9.59 Å². The van der Waals surface area contributed by atoms with Crippen molar-refractivity contribution >= 4 is 12.0 Å². The molecule has 3 rings (SSSR count). The second kappa shape index (κ2) is 9.61. The molecule has 160 valence electrons. The molecular formula is C23H34N2O4. The van der Waals surface area contributed by atoms with E-state index >= 15 is 0 Å². The maximum atomic E-state index is 13.0. The molecular weight excluding hydrogens is 368 g/mol. The molecule has 0 radical (unpaired) electrons. The average Bonchev–Trinajstić information content (AvgIpc) is 2.72. The molecule has 29 heavy (non-hydrogen) atoms. The topological polar surface area (TPSA) is 59.1 Å². The number of carbonyl (C=O) groups excluding carboxylic acids is 2. The van der Waals surface area contributed by atoms with E-state index in [-0.39, 0.29) is 24.0 Å². The van der Waals surface area contributed by atoms with Crippen molar-refractivity contribution in [1.82, 2.24) is 9.80 Å². The highest BCUT2D eigenvalue weighted by molar-refractivity contribution is 5.80. The van der Waals surface area contributed by atoms with Crippen LogP contribution >= 0.6 is 0 Å². The number of piperidine rings is 2. The third-order valence-electron chi connectivity index (χ3n) is 5.50. The summed E-state index contributed by atoms with van der Waals surface area (Å²) in [5, 5.41) is 0. The Morgan fingerprint density at radius 1 is 1.00 bits per heavy atom. The Kier molecular flexibility index (Phi) is 7.17. The maximum Gasteiger partial charge on any atom is 0.410 e. The Bertz CT molecular complexity index is 678. The number of hydrogen-bond acceptors (Lipinski definition) is 4. The van der Waals surface area contributed by atoms with Crippen molar-refractivity contribution in [2.45, 2.75) is 64.8 Å². The standard InChI is InChI=1S/C23H34N2O4/c1-23(2,3)29-22(27)25-13-7-10-19(16-25)21(26)24-14-11-20(12-15-24)28-17-18-8-5-4-6-9-18/h4-6,8-9,19-20H,7,10-17H2,1-3H3. The molecule has 0 bridgehead atoms. The van der Waals surface area contributed by atoms with Gasteiger partial charge in [0.05, 0.1) is 18.6 Å². The van der Waals surface area contributed by atoms with Gasteiger partial charge < -0.3 is 19.3 Å². The molecule has 1 aromatic carbocycles. The number of carbonyl (C=O) groups is 2. The summed E-state index contributed by atoms with van der Waals surface area (Å²) in [6, 6.07) is 10.2. The zero-order valence-electron chi connectivity index (χ0n) is 17.9. The minimum Gasteiger partial charge on any atom is -0.444 e. The van der Waals surface area contributed by atoms with E-state index < -0.39 is 5.60 Å². The molecule has 1 aromatic rings. The Morgan fingerprint density at radius 3 is 2.34 bits per heavy atom. The summed E-state index contributed by atoms with van der Waals surface area (Å²) in [5.41, 5.74) is 0.658. The summed E-state index contributed by atoms with van der Waals surface area (Å²) in [6.07, 6.45) is 3.28. The maximum absolute atomic E-state index is 13.0. The minimum absolute atomic E-state index is 0.127. The molecule has 2 aliphatic heterocycles. The zero-order valence-corrected chi connectivity index (χ0v) is 17.9. The smallest absolute Gasteiger partial charge is 0.410 e. The van der Waals surface area contributed by atoms with Crippen LogP contribution in [0, 0.1) is 5.92 Å². The first-order valence-electron chi connectivity index (χ1n) is 10.7. The molecule has 2 fully saturated rings. The fraction of sp³-hybridized carbons (Fsp3) is 0.652. The largest absolute Gasteiger partial charge is 0.444 e. The molecule has 6 heteroatoms. The van der Waals surface area contributed by atoms with Gasteiger partial charge in [-0.15, -0.1) is 0 Å². The van der Waals surface area contributed by atoms with Gasteiger partial charge in [0.25, 0.3) is 0 Å². The highest BCUT2D eigenvalue weighted by Crippen LogP contribution is 2.24. The van der Waals surface area contributed by atoms with E-state index in [1.54, 1.807) is 4.90 Å². The third kappa shape index (κ3) is 6.46. The molecule has 1 atom stereocenters. The Balaban J connectivity index is 1.44. The molecule has 0 aromatic heterocycles. The number of rotatable bonds is 4. The Hall–Kier alpha value is -2.08. The number of amides is 2. The quantitative estimate of drug-likeness (QED) is 0.768. The number of ether oxygens (including phenoxy) is 2. The fourth-order valence-electron chi connectivity index (χ4n) is 3.96. The monoisotopic (exact) mass is 402 g/mol. The first-order chi connectivity index (χ1) is 13.8. The zero-order chi connectivity index (χ0) is 20.9. The Labute approximate surface area is 174 Å². The van der Waals surface area contributed by atoms with Crippen LogP contribution in [-0.4, -0.2) is 59.7 Å². The van der Waals surface area contributed by atoms with Crippen LogP contribution in [-0.2, 0) is 20.9 Å². The highest BCUT2D eigenvalue weighted by Gasteiger charge is 2.34. The van der Waals surface area contributed by atoms with Crippen molar-refractivity contribution in [1.29, 1.82) is 0 Å². The van der Waals surface area contributed by atoms with Gasteiger partial charge >= 0.3 is 6.09 Å². The predicted molar refractivity (Wildman–Crippen MR) is 111 cm³/mol. The van der Waals surface area contributed by atoms with Gasteiger partial charge in [-0.1, -0.05) is 30.3 Å². The lowest BCUT2D eigenvalue weighted by Gasteiger charge is -2.38. The van der Waals surface area contributed by atoms with Gasteiger partial charge in [0.1, 0.15) is 5.60 Å². The molecule has 1 unspecified atom stereocenters. The van der Waals surface area contributed by atoms with Crippen LogP contribution in [0.5, 0.6) is 0 Å². The number of benzene rings is 1. The molecule has 0 aliphatic carbocycles. The summed E-state index contributed by atoms with van der Waals surface area (Å²) in [4.78, 5) is 29.0. The molecule has 2 heterocycles. The SMILES string of the molecule is CC(C)(C)OC(=O)N1CCCC(C(=O)N2CCC(OCc3ccccc3)CC2)C1. The molecule has 0 spiro atoms. The van der Waals surface area contributed by atoms with Crippen LogP contribution in [0.4, 0.5) is 4.79 Å². The van der Waals surface area contributed by atoms with Gasteiger partial charge in [-0.05, 0) is 52.0 Å². The van der Waals surface area contributed by atoms with Crippen LogP contribution in [0.25, 0.3) is 0 Å². The van der Waals surface area contributed by atoms with Crippen LogP contribution in [0.15, 0.2) is 30.3 Å². The second-order valence-corrected chi connectivity index (χ2v) is 9.09. The van der Waals surface area contributed by atoms with Crippen molar-refractivity contribution in [3.63, 3.8) is 0 Å². The lowest BCUT2D eigenvalue weighted by molar-refractivity contribution is -0.140. The third-order valence-corrected chi connectivity index (χ3v) is 5.50. The van der Waals surface area contributed by atoms with Crippen LogP contribution < -0.4 is 0 Å². The van der Waals surface area contributed by atoms with E-state index in [0.717, 1.165) is 38.8 Å². The van der Waals surface area contributed by atoms with Crippen molar-refractivity contribution in [3.8, 4) is 0 Å². The number of likely N-dealkylation sites (tertiary alicyclic amines) is 2. The van der Waals surface area contributed by atoms with Gasteiger partial charge in [-0.3, -0.25) is 4.79 Å². The lowest BCUT2D eigenvalue weighted by Crippen LogP contribution is -2.50. The van der Waals surface area contributed by atoms with Crippen molar-refractivity contribution in [2.75, 3.05) is 26.2 Å². The van der Waals surface area contributed by atoms with E-state index in [0.29, 0.717) is 19.7 Å². The molecule has 0 N–H and O–H groups in total. The van der Waals surface area contributed by atoms with Gasteiger partial charge in [-0.2, -0.15) is 0 Å². The van der Waals surface area contributed by atoms with Gasteiger partial charge in [-0.25, -0.2) is 4.79 Å². The first-order valence-corrected chi connectivity index (χ1v) is 10.7. The summed E-state index contributed by atoms with van der Waals surface area (Å²) in [7, 11) is 0. The van der Waals surface area contributed by atoms with E-state index in [1.807, 2.05) is 43.9 Å². The van der Waals surface area contributed by atoms with Gasteiger partial charge in [0, 0.05) is 26.2 Å². The number of hydrogen-bond donors (Lipinski definition) is 0.